The standard InChI is InChI=1S/C12H18ClN3O2S2/c1-9-6-11(19-12(9)13)20(17,18)16-4-2-15(3-5-16)10-7-14-8-10/h6,10,14H,2-5,7-8H2,1H3. The van der Waals surface area contributed by atoms with Gasteiger partial charge in [0.2, 0.25) is 0 Å². The number of hydrogen-bond donors (Lipinski definition) is 1. The third-order valence-electron chi connectivity index (χ3n) is 3.98. The van der Waals surface area contributed by atoms with Gasteiger partial charge in [-0.1, -0.05) is 11.6 Å². The second kappa shape index (κ2) is 5.55. The zero-order chi connectivity index (χ0) is 14.3. The van der Waals surface area contributed by atoms with E-state index in [0.29, 0.717) is 27.7 Å². The predicted octanol–water partition coefficient (Wildman–Crippen LogP) is 0.988. The van der Waals surface area contributed by atoms with Crippen LogP contribution in [0.4, 0.5) is 0 Å². The summed E-state index contributed by atoms with van der Waals surface area (Å²) >= 11 is 7.14. The first-order chi connectivity index (χ1) is 9.48. The molecule has 0 saturated carbocycles. The third kappa shape index (κ3) is 2.63. The van der Waals surface area contributed by atoms with Gasteiger partial charge in [0.25, 0.3) is 10.0 Å². The van der Waals surface area contributed by atoms with Gasteiger partial charge in [-0.15, -0.1) is 11.3 Å². The molecule has 0 radical (unpaired) electrons. The van der Waals surface area contributed by atoms with Crippen LogP contribution in [0.5, 0.6) is 0 Å². The first-order valence-electron chi connectivity index (χ1n) is 6.69. The zero-order valence-electron chi connectivity index (χ0n) is 11.3. The average molecular weight is 336 g/mol. The Bertz CT molecular complexity index is 570. The smallest absolute Gasteiger partial charge is 0.252 e. The Balaban J connectivity index is 1.70. The molecule has 2 aliphatic rings. The molecule has 2 aliphatic heterocycles. The molecule has 0 aromatic carbocycles. The zero-order valence-corrected chi connectivity index (χ0v) is 13.7. The van der Waals surface area contributed by atoms with Crippen LogP contribution < -0.4 is 5.32 Å². The number of thiophene rings is 1. The number of piperazine rings is 1. The highest BCUT2D eigenvalue weighted by Crippen LogP contribution is 2.32. The van der Waals surface area contributed by atoms with Crippen LogP contribution in [0, 0.1) is 6.92 Å². The molecule has 112 valence electrons. The Hall–Kier alpha value is -0.180. The summed E-state index contributed by atoms with van der Waals surface area (Å²) in [6.07, 6.45) is 0. The maximum Gasteiger partial charge on any atom is 0.252 e. The van der Waals surface area contributed by atoms with Gasteiger partial charge in [-0.2, -0.15) is 4.31 Å². The van der Waals surface area contributed by atoms with Crippen molar-refractivity contribution in [2.45, 2.75) is 17.2 Å². The highest BCUT2D eigenvalue weighted by Gasteiger charge is 2.33. The molecule has 2 fully saturated rings. The molecule has 20 heavy (non-hydrogen) atoms. The second-order valence-corrected chi connectivity index (χ2v) is 9.09. The van der Waals surface area contributed by atoms with Crippen LogP contribution in [-0.4, -0.2) is 62.9 Å². The molecule has 0 aliphatic carbocycles. The van der Waals surface area contributed by atoms with Crippen LogP contribution in [0.1, 0.15) is 5.56 Å². The molecule has 0 atom stereocenters. The molecule has 8 heteroatoms. The number of aryl methyl sites for hydroxylation is 1. The SMILES string of the molecule is Cc1cc(S(=O)(=O)N2CCN(C3CNC3)CC2)sc1Cl. The molecule has 0 bridgehead atoms. The number of hydrogen-bond acceptors (Lipinski definition) is 5. The Kier molecular flexibility index (Phi) is 4.09. The Labute approximate surface area is 128 Å². The van der Waals surface area contributed by atoms with E-state index in [1.165, 1.54) is 0 Å². The van der Waals surface area contributed by atoms with Crippen molar-refractivity contribution < 1.29 is 8.42 Å². The molecule has 2 saturated heterocycles. The van der Waals surface area contributed by atoms with Gasteiger partial charge in [-0.3, -0.25) is 4.90 Å². The van der Waals surface area contributed by atoms with Crippen molar-refractivity contribution in [2.24, 2.45) is 0 Å². The minimum atomic E-state index is -3.38. The van der Waals surface area contributed by atoms with E-state index in [2.05, 4.69) is 10.2 Å². The summed E-state index contributed by atoms with van der Waals surface area (Å²) in [5.41, 5.74) is 0.828. The number of halogens is 1. The fourth-order valence-corrected chi connectivity index (χ4v) is 5.81. The maximum absolute atomic E-state index is 12.6. The number of sulfonamides is 1. The van der Waals surface area contributed by atoms with E-state index in [1.807, 2.05) is 6.92 Å². The van der Waals surface area contributed by atoms with Gasteiger partial charge >= 0.3 is 0 Å². The van der Waals surface area contributed by atoms with Crippen molar-refractivity contribution in [3.63, 3.8) is 0 Å². The van der Waals surface area contributed by atoms with Crippen molar-refractivity contribution in [3.05, 3.63) is 16.0 Å². The van der Waals surface area contributed by atoms with Gasteiger partial charge in [0, 0.05) is 45.3 Å². The summed E-state index contributed by atoms with van der Waals surface area (Å²) in [4.78, 5) is 2.37. The van der Waals surface area contributed by atoms with Crippen molar-refractivity contribution in [3.8, 4) is 0 Å². The van der Waals surface area contributed by atoms with E-state index in [0.717, 1.165) is 43.1 Å². The average Bonchev–Trinajstić information content (AvgIpc) is 2.69. The number of nitrogens with zero attached hydrogens (tertiary/aromatic N) is 2. The van der Waals surface area contributed by atoms with Gasteiger partial charge in [-0.25, -0.2) is 8.42 Å². The number of nitrogens with one attached hydrogen (secondary N) is 1. The molecule has 1 aromatic rings. The minimum Gasteiger partial charge on any atom is -0.314 e. The van der Waals surface area contributed by atoms with Gasteiger partial charge in [0.05, 0.1) is 4.34 Å². The lowest BCUT2D eigenvalue weighted by molar-refractivity contribution is 0.103. The first-order valence-corrected chi connectivity index (χ1v) is 9.33. The Morgan fingerprint density at radius 2 is 1.95 bits per heavy atom. The summed E-state index contributed by atoms with van der Waals surface area (Å²) < 4.78 is 27.6. The molecule has 0 spiro atoms. The summed E-state index contributed by atoms with van der Waals surface area (Å²) in [7, 11) is -3.38. The quantitative estimate of drug-likeness (QED) is 0.895. The summed E-state index contributed by atoms with van der Waals surface area (Å²) in [6.45, 7) is 6.62. The molecule has 0 amide bonds. The third-order valence-corrected chi connectivity index (χ3v) is 7.88. The normalized spacial score (nSPS) is 22.9. The van der Waals surface area contributed by atoms with Crippen molar-refractivity contribution >= 4 is 33.0 Å². The molecule has 3 heterocycles. The monoisotopic (exact) mass is 335 g/mol. The Morgan fingerprint density at radius 3 is 2.40 bits per heavy atom. The highest BCUT2D eigenvalue weighted by atomic mass is 35.5. The molecule has 1 N–H and O–H groups in total. The lowest BCUT2D eigenvalue weighted by atomic mass is 10.1. The summed E-state index contributed by atoms with van der Waals surface area (Å²) in [6, 6.07) is 2.25. The summed E-state index contributed by atoms with van der Waals surface area (Å²) in [5, 5.41) is 3.25. The minimum absolute atomic E-state index is 0.360. The van der Waals surface area contributed by atoms with E-state index >= 15 is 0 Å². The second-order valence-electron chi connectivity index (χ2n) is 5.27. The predicted molar refractivity (Wildman–Crippen MR) is 81.1 cm³/mol. The molecule has 3 rings (SSSR count). The first kappa shape index (κ1) is 14.7. The van der Waals surface area contributed by atoms with Crippen LogP contribution >= 0.6 is 22.9 Å². The van der Waals surface area contributed by atoms with Crippen molar-refractivity contribution in [1.82, 2.24) is 14.5 Å². The van der Waals surface area contributed by atoms with Crippen LogP contribution in [0.2, 0.25) is 4.34 Å². The molecule has 1 aromatic heterocycles. The molecular weight excluding hydrogens is 318 g/mol. The molecule has 0 unspecified atom stereocenters. The topological polar surface area (TPSA) is 52.7 Å². The molecular formula is C12H18ClN3O2S2. The largest absolute Gasteiger partial charge is 0.314 e. The Morgan fingerprint density at radius 1 is 1.30 bits per heavy atom. The van der Waals surface area contributed by atoms with Gasteiger partial charge < -0.3 is 5.32 Å². The fraction of sp³-hybridized carbons (Fsp3) is 0.667. The van der Waals surface area contributed by atoms with E-state index in [-0.39, 0.29) is 0 Å². The summed E-state index contributed by atoms with van der Waals surface area (Å²) in [5.74, 6) is 0. The maximum atomic E-state index is 12.6. The lowest BCUT2D eigenvalue weighted by Crippen LogP contribution is -2.61. The molecule has 5 nitrogen and oxygen atoms in total. The van der Waals surface area contributed by atoms with Crippen LogP contribution in [0.3, 0.4) is 0 Å². The van der Waals surface area contributed by atoms with Crippen molar-refractivity contribution in [2.75, 3.05) is 39.3 Å². The van der Waals surface area contributed by atoms with E-state index < -0.39 is 10.0 Å². The lowest BCUT2D eigenvalue weighted by Gasteiger charge is -2.42. The van der Waals surface area contributed by atoms with Crippen molar-refractivity contribution in [1.29, 1.82) is 0 Å². The van der Waals surface area contributed by atoms with E-state index in [1.54, 1.807) is 10.4 Å². The van der Waals surface area contributed by atoms with Crippen LogP contribution in [-0.2, 0) is 10.0 Å². The van der Waals surface area contributed by atoms with E-state index in [9.17, 15) is 8.42 Å². The number of rotatable bonds is 3. The van der Waals surface area contributed by atoms with Gasteiger partial charge in [0.15, 0.2) is 0 Å². The van der Waals surface area contributed by atoms with E-state index in [4.69, 9.17) is 11.6 Å². The van der Waals surface area contributed by atoms with Crippen LogP contribution in [0.25, 0.3) is 0 Å². The highest BCUT2D eigenvalue weighted by molar-refractivity contribution is 7.91. The van der Waals surface area contributed by atoms with Gasteiger partial charge in [0.1, 0.15) is 4.21 Å². The van der Waals surface area contributed by atoms with Gasteiger partial charge in [-0.05, 0) is 18.6 Å². The van der Waals surface area contributed by atoms with Crippen LogP contribution in [0.15, 0.2) is 10.3 Å². The fourth-order valence-electron chi connectivity index (χ4n) is 2.53.